The Labute approximate surface area is 106 Å². The molecule has 0 aromatic heterocycles. The van der Waals surface area contributed by atoms with Crippen molar-refractivity contribution in [1.29, 1.82) is 0 Å². The number of hydrogen-bond donors (Lipinski definition) is 1. The van der Waals surface area contributed by atoms with Gasteiger partial charge in [-0.1, -0.05) is 12.1 Å². The van der Waals surface area contributed by atoms with Crippen LogP contribution in [-0.2, 0) is 4.74 Å². The average Bonchev–Trinajstić information content (AvgIpc) is 2.32. The summed E-state index contributed by atoms with van der Waals surface area (Å²) in [5.74, 6) is -1.92. The normalized spacial score (nSPS) is 13.0. The maximum absolute atomic E-state index is 13.4. The van der Waals surface area contributed by atoms with E-state index >= 15 is 0 Å². The van der Waals surface area contributed by atoms with Crippen LogP contribution in [0.3, 0.4) is 0 Å². The number of nitrogens with zero attached hydrogens (tertiary/aromatic N) is 1. The van der Waals surface area contributed by atoms with Crippen LogP contribution >= 0.6 is 0 Å². The van der Waals surface area contributed by atoms with Crippen molar-refractivity contribution in [3.05, 3.63) is 35.4 Å². The second-order valence-corrected chi connectivity index (χ2v) is 4.12. The third-order valence-corrected chi connectivity index (χ3v) is 2.65. The van der Waals surface area contributed by atoms with Gasteiger partial charge in [0.1, 0.15) is 0 Å². The third kappa shape index (κ3) is 4.33. The lowest BCUT2D eigenvalue weighted by Crippen LogP contribution is -2.28. The van der Waals surface area contributed by atoms with Crippen molar-refractivity contribution < 1.29 is 18.6 Å². The molecule has 1 unspecified atom stereocenters. The Morgan fingerprint density at radius 3 is 2.78 bits per heavy atom. The molecule has 0 bridgehead atoms. The Balaban J connectivity index is 2.54. The molecule has 0 radical (unpaired) electrons. The molecule has 0 amide bonds. The maximum atomic E-state index is 13.4. The predicted octanol–water partition coefficient (Wildman–Crippen LogP) is 1.97. The number of ether oxygens (including phenoxy) is 1. The average molecular weight is 259 g/mol. The van der Waals surface area contributed by atoms with Gasteiger partial charge < -0.3 is 14.7 Å². The molecule has 3 nitrogen and oxygen atoms in total. The highest BCUT2D eigenvalue weighted by molar-refractivity contribution is 5.21. The summed E-state index contributed by atoms with van der Waals surface area (Å²) in [7, 11) is 1.79. The van der Waals surface area contributed by atoms with Gasteiger partial charge in [-0.25, -0.2) is 8.78 Å². The Bertz CT molecular complexity index is 374. The summed E-state index contributed by atoms with van der Waals surface area (Å²) in [4.78, 5) is 1.81. The van der Waals surface area contributed by atoms with Crippen molar-refractivity contribution in [2.45, 2.75) is 13.0 Å². The van der Waals surface area contributed by atoms with Gasteiger partial charge in [-0.3, -0.25) is 0 Å². The molecule has 0 aliphatic heterocycles. The largest absolute Gasteiger partial charge is 0.387 e. The summed E-state index contributed by atoms with van der Waals surface area (Å²) in [6.45, 7) is 3.94. The van der Waals surface area contributed by atoms with Gasteiger partial charge in [0.15, 0.2) is 11.6 Å². The summed E-state index contributed by atoms with van der Waals surface area (Å²) in [5.41, 5.74) is -0.0155. The molecule has 0 aliphatic carbocycles. The lowest BCUT2D eigenvalue weighted by molar-refractivity contribution is 0.0873. The number of likely N-dealkylation sites (N-methyl/N-ethyl adjacent to an activating group) is 1. The van der Waals surface area contributed by atoms with E-state index in [0.29, 0.717) is 19.8 Å². The molecular formula is C13H19F2NO2. The lowest BCUT2D eigenvalue weighted by atomic mass is 10.1. The van der Waals surface area contributed by atoms with Gasteiger partial charge in [0.25, 0.3) is 0 Å². The monoisotopic (exact) mass is 259 g/mol. The van der Waals surface area contributed by atoms with E-state index in [2.05, 4.69) is 0 Å². The first-order valence-corrected chi connectivity index (χ1v) is 5.94. The Morgan fingerprint density at radius 2 is 2.11 bits per heavy atom. The number of aliphatic hydroxyl groups excluding tert-OH is 1. The summed E-state index contributed by atoms with van der Waals surface area (Å²) >= 11 is 0. The molecule has 0 aliphatic rings. The van der Waals surface area contributed by atoms with Crippen molar-refractivity contribution in [3.8, 4) is 0 Å². The van der Waals surface area contributed by atoms with E-state index in [4.69, 9.17) is 4.74 Å². The first-order valence-electron chi connectivity index (χ1n) is 5.94. The van der Waals surface area contributed by atoms with Crippen molar-refractivity contribution >= 4 is 0 Å². The van der Waals surface area contributed by atoms with Gasteiger partial charge in [0.2, 0.25) is 0 Å². The lowest BCUT2D eigenvalue weighted by Gasteiger charge is -2.21. The molecule has 102 valence electrons. The maximum Gasteiger partial charge on any atom is 0.164 e. The minimum Gasteiger partial charge on any atom is -0.387 e. The first kappa shape index (κ1) is 15.0. The number of rotatable bonds is 7. The summed E-state index contributed by atoms with van der Waals surface area (Å²) in [6, 6.07) is 3.81. The van der Waals surface area contributed by atoms with E-state index in [1.807, 2.05) is 11.8 Å². The molecule has 1 aromatic rings. The minimum absolute atomic E-state index is 0.0155. The molecule has 1 N–H and O–H groups in total. The van der Waals surface area contributed by atoms with Crippen molar-refractivity contribution in [1.82, 2.24) is 4.90 Å². The molecule has 1 atom stereocenters. The van der Waals surface area contributed by atoms with Gasteiger partial charge in [0, 0.05) is 25.3 Å². The molecule has 1 rings (SSSR count). The van der Waals surface area contributed by atoms with Crippen LogP contribution in [0.5, 0.6) is 0 Å². The number of halogens is 2. The standard InChI is InChI=1S/C13H19F2NO2/c1-3-18-8-7-16(2)9-12(17)10-5-4-6-11(14)13(10)15/h4-6,12,17H,3,7-9H2,1-2H3. The molecule has 18 heavy (non-hydrogen) atoms. The number of hydrogen-bond acceptors (Lipinski definition) is 3. The zero-order chi connectivity index (χ0) is 13.5. The Morgan fingerprint density at radius 1 is 1.39 bits per heavy atom. The molecular weight excluding hydrogens is 240 g/mol. The summed E-state index contributed by atoms with van der Waals surface area (Å²) in [6.07, 6.45) is -1.05. The highest BCUT2D eigenvalue weighted by Crippen LogP contribution is 2.19. The van der Waals surface area contributed by atoms with Crippen LogP contribution in [0.2, 0.25) is 0 Å². The third-order valence-electron chi connectivity index (χ3n) is 2.65. The molecule has 0 fully saturated rings. The molecule has 0 saturated carbocycles. The Hall–Kier alpha value is -1.04. The molecule has 5 heteroatoms. The van der Waals surface area contributed by atoms with Gasteiger partial charge in [-0.2, -0.15) is 0 Å². The zero-order valence-corrected chi connectivity index (χ0v) is 10.7. The van der Waals surface area contributed by atoms with Crippen LogP contribution in [0.4, 0.5) is 8.78 Å². The van der Waals surface area contributed by atoms with Crippen LogP contribution < -0.4 is 0 Å². The van der Waals surface area contributed by atoms with Gasteiger partial charge >= 0.3 is 0 Å². The summed E-state index contributed by atoms with van der Waals surface area (Å²) < 4.78 is 31.6. The number of benzene rings is 1. The quantitative estimate of drug-likeness (QED) is 0.760. The fourth-order valence-electron chi connectivity index (χ4n) is 1.63. The van der Waals surface area contributed by atoms with Crippen molar-refractivity contribution in [2.75, 3.05) is 33.4 Å². The smallest absolute Gasteiger partial charge is 0.164 e. The van der Waals surface area contributed by atoms with E-state index in [1.165, 1.54) is 12.1 Å². The second-order valence-electron chi connectivity index (χ2n) is 4.12. The Kier molecular flexibility index (Phi) is 6.18. The zero-order valence-electron chi connectivity index (χ0n) is 10.7. The fraction of sp³-hybridized carbons (Fsp3) is 0.538. The van der Waals surface area contributed by atoms with Crippen LogP contribution in [0.25, 0.3) is 0 Å². The summed E-state index contributed by atoms with van der Waals surface area (Å²) in [5, 5.41) is 9.86. The van der Waals surface area contributed by atoms with Gasteiger partial charge in [0.05, 0.1) is 12.7 Å². The van der Waals surface area contributed by atoms with Crippen molar-refractivity contribution in [2.24, 2.45) is 0 Å². The van der Waals surface area contributed by atoms with E-state index in [-0.39, 0.29) is 12.1 Å². The molecule has 0 saturated heterocycles. The molecule has 0 spiro atoms. The van der Waals surface area contributed by atoms with Crippen molar-refractivity contribution in [3.63, 3.8) is 0 Å². The van der Waals surface area contributed by atoms with Crippen LogP contribution in [0, 0.1) is 11.6 Å². The highest BCUT2D eigenvalue weighted by Gasteiger charge is 2.17. The highest BCUT2D eigenvalue weighted by atomic mass is 19.2. The first-order chi connectivity index (χ1) is 8.56. The predicted molar refractivity (Wildman–Crippen MR) is 65.3 cm³/mol. The number of aliphatic hydroxyl groups is 1. The molecule has 0 heterocycles. The van der Waals surface area contributed by atoms with Gasteiger partial charge in [-0.05, 0) is 20.0 Å². The second kappa shape index (κ2) is 7.41. The van der Waals surface area contributed by atoms with Gasteiger partial charge in [-0.15, -0.1) is 0 Å². The van der Waals surface area contributed by atoms with Crippen LogP contribution in [0.15, 0.2) is 18.2 Å². The SMILES string of the molecule is CCOCCN(C)CC(O)c1cccc(F)c1F. The van der Waals surface area contributed by atoms with Crippen LogP contribution in [-0.4, -0.2) is 43.4 Å². The van der Waals surface area contributed by atoms with E-state index in [1.54, 1.807) is 7.05 Å². The fourth-order valence-corrected chi connectivity index (χ4v) is 1.63. The minimum atomic E-state index is -1.05. The molecule has 1 aromatic carbocycles. The van der Waals surface area contributed by atoms with Crippen LogP contribution in [0.1, 0.15) is 18.6 Å². The van der Waals surface area contributed by atoms with E-state index in [9.17, 15) is 13.9 Å². The topological polar surface area (TPSA) is 32.7 Å². The van der Waals surface area contributed by atoms with E-state index < -0.39 is 17.7 Å². The van der Waals surface area contributed by atoms with E-state index in [0.717, 1.165) is 6.07 Å².